The van der Waals surface area contributed by atoms with Gasteiger partial charge in [0, 0.05) is 25.7 Å². The van der Waals surface area contributed by atoms with E-state index in [-0.39, 0.29) is 0 Å². The summed E-state index contributed by atoms with van der Waals surface area (Å²) in [6, 6.07) is 7.85. The summed E-state index contributed by atoms with van der Waals surface area (Å²) in [5.41, 5.74) is 1.09. The molecule has 0 spiro atoms. The van der Waals surface area contributed by atoms with Crippen LogP contribution in [0.2, 0.25) is 0 Å². The Morgan fingerprint density at radius 1 is 1.08 bits per heavy atom. The summed E-state index contributed by atoms with van der Waals surface area (Å²) in [7, 11) is 3.27. The summed E-state index contributed by atoms with van der Waals surface area (Å²) in [4.78, 5) is 11.3. The van der Waals surface area contributed by atoms with Crippen LogP contribution in [-0.4, -0.2) is 50.5 Å². The van der Waals surface area contributed by atoms with Crippen LogP contribution in [-0.2, 0) is 11.3 Å². The topological polar surface area (TPSA) is 68.7 Å². The van der Waals surface area contributed by atoms with Crippen LogP contribution < -0.4 is 19.7 Å². The number of morpholine rings is 1. The molecule has 0 bridgehead atoms. The molecule has 7 nitrogen and oxygen atoms in total. The number of aryl methyl sites for hydroxylation is 1. The van der Waals surface area contributed by atoms with E-state index >= 15 is 0 Å². The summed E-state index contributed by atoms with van der Waals surface area (Å²) in [5.74, 6) is 3.93. The fourth-order valence-electron chi connectivity index (χ4n) is 2.78. The molecule has 1 aromatic heterocycles. The van der Waals surface area contributed by atoms with E-state index in [9.17, 15) is 0 Å². The number of rotatable bonds is 6. The van der Waals surface area contributed by atoms with Crippen LogP contribution in [0.4, 0.5) is 11.6 Å². The summed E-state index contributed by atoms with van der Waals surface area (Å²) < 4.78 is 16.0. The van der Waals surface area contributed by atoms with Crippen molar-refractivity contribution < 1.29 is 14.2 Å². The Hall–Kier alpha value is -2.54. The number of benzene rings is 1. The lowest BCUT2D eigenvalue weighted by molar-refractivity contribution is 0.122. The van der Waals surface area contributed by atoms with Crippen LogP contribution in [0, 0.1) is 6.92 Å². The van der Waals surface area contributed by atoms with Crippen LogP contribution in [0.3, 0.4) is 0 Å². The lowest BCUT2D eigenvalue weighted by Gasteiger charge is -2.28. The first-order valence-corrected chi connectivity index (χ1v) is 8.33. The van der Waals surface area contributed by atoms with Crippen LogP contribution in [0.25, 0.3) is 0 Å². The molecule has 0 aliphatic carbocycles. The van der Waals surface area contributed by atoms with Crippen molar-refractivity contribution in [1.82, 2.24) is 9.97 Å². The average molecular weight is 344 g/mol. The smallest absolute Gasteiger partial charge is 0.161 e. The number of aromatic nitrogens is 2. The van der Waals surface area contributed by atoms with Gasteiger partial charge in [0.05, 0.1) is 27.4 Å². The fourth-order valence-corrected chi connectivity index (χ4v) is 2.78. The van der Waals surface area contributed by atoms with E-state index in [1.54, 1.807) is 14.2 Å². The monoisotopic (exact) mass is 344 g/mol. The second-order valence-corrected chi connectivity index (χ2v) is 5.80. The molecule has 7 heteroatoms. The molecule has 134 valence electrons. The van der Waals surface area contributed by atoms with Crippen molar-refractivity contribution in [2.24, 2.45) is 0 Å². The highest BCUT2D eigenvalue weighted by atomic mass is 16.5. The summed E-state index contributed by atoms with van der Waals surface area (Å²) in [6.07, 6.45) is 0. The van der Waals surface area contributed by atoms with E-state index in [1.807, 2.05) is 31.2 Å². The van der Waals surface area contributed by atoms with Gasteiger partial charge in [0.1, 0.15) is 17.5 Å². The highest BCUT2D eigenvalue weighted by Crippen LogP contribution is 2.28. The Morgan fingerprint density at radius 3 is 2.56 bits per heavy atom. The van der Waals surface area contributed by atoms with Crippen molar-refractivity contribution in [3.8, 4) is 11.5 Å². The predicted molar refractivity (Wildman–Crippen MR) is 96.7 cm³/mol. The maximum Gasteiger partial charge on any atom is 0.161 e. The molecule has 1 N–H and O–H groups in total. The molecule has 1 aromatic carbocycles. The first kappa shape index (κ1) is 17.3. The van der Waals surface area contributed by atoms with Gasteiger partial charge in [-0.05, 0) is 24.6 Å². The van der Waals surface area contributed by atoms with E-state index in [1.165, 1.54) is 0 Å². The standard InChI is InChI=1S/C18H24N4O3/c1-13-20-17(11-18(21-13)22-6-8-25-9-7-22)19-12-14-4-5-15(23-2)16(10-14)24-3/h4-5,10-11H,6-9,12H2,1-3H3,(H,19,20,21). The molecule has 1 aliphatic heterocycles. The molecule has 3 rings (SSSR count). The third-order valence-electron chi connectivity index (χ3n) is 4.08. The molecule has 0 saturated carbocycles. The maximum atomic E-state index is 5.40. The zero-order valence-corrected chi connectivity index (χ0v) is 14.9. The highest BCUT2D eigenvalue weighted by Gasteiger charge is 2.14. The number of anilines is 2. The normalized spacial score (nSPS) is 14.3. The zero-order chi connectivity index (χ0) is 17.6. The molecule has 1 fully saturated rings. The molecule has 2 aromatic rings. The molecule has 0 radical (unpaired) electrons. The molecule has 0 unspecified atom stereocenters. The first-order chi connectivity index (χ1) is 12.2. The third kappa shape index (κ3) is 4.30. The number of ether oxygens (including phenoxy) is 3. The Labute approximate surface area is 147 Å². The fraction of sp³-hybridized carbons (Fsp3) is 0.444. The van der Waals surface area contributed by atoms with Gasteiger partial charge in [-0.2, -0.15) is 0 Å². The molecular formula is C18H24N4O3. The van der Waals surface area contributed by atoms with Gasteiger partial charge in [-0.3, -0.25) is 0 Å². The highest BCUT2D eigenvalue weighted by molar-refractivity contribution is 5.50. The second-order valence-electron chi connectivity index (χ2n) is 5.80. The quantitative estimate of drug-likeness (QED) is 0.862. The van der Waals surface area contributed by atoms with Crippen molar-refractivity contribution in [2.75, 3.05) is 50.7 Å². The van der Waals surface area contributed by atoms with Gasteiger partial charge in [0.15, 0.2) is 11.5 Å². The second kappa shape index (κ2) is 8.02. The summed E-state index contributed by atoms with van der Waals surface area (Å²) in [5, 5.41) is 3.36. The minimum absolute atomic E-state index is 0.638. The van der Waals surface area contributed by atoms with Crippen molar-refractivity contribution in [3.05, 3.63) is 35.7 Å². The van der Waals surface area contributed by atoms with Crippen molar-refractivity contribution in [3.63, 3.8) is 0 Å². The number of methoxy groups -OCH3 is 2. The van der Waals surface area contributed by atoms with Gasteiger partial charge in [0.25, 0.3) is 0 Å². The Morgan fingerprint density at radius 2 is 1.84 bits per heavy atom. The molecular weight excluding hydrogens is 320 g/mol. The van der Waals surface area contributed by atoms with E-state index in [4.69, 9.17) is 14.2 Å². The lowest BCUT2D eigenvalue weighted by atomic mass is 10.2. The molecule has 25 heavy (non-hydrogen) atoms. The summed E-state index contributed by atoms with van der Waals surface area (Å²) >= 11 is 0. The van der Waals surface area contributed by atoms with Crippen LogP contribution in [0.15, 0.2) is 24.3 Å². The predicted octanol–water partition coefficient (Wildman–Crippen LogP) is 2.25. The zero-order valence-electron chi connectivity index (χ0n) is 14.9. The SMILES string of the molecule is COc1ccc(CNc2cc(N3CCOCC3)nc(C)n2)cc1OC. The van der Waals surface area contributed by atoms with Gasteiger partial charge in [0.2, 0.25) is 0 Å². The Kier molecular flexibility index (Phi) is 5.55. The lowest BCUT2D eigenvalue weighted by Crippen LogP contribution is -2.37. The minimum Gasteiger partial charge on any atom is -0.493 e. The largest absolute Gasteiger partial charge is 0.493 e. The van der Waals surface area contributed by atoms with Gasteiger partial charge in [-0.25, -0.2) is 9.97 Å². The van der Waals surface area contributed by atoms with E-state index in [0.29, 0.717) is 6.54 Å². The Balaban J connectivity index is 1.71. The van der Waals surface area contributed by atoms with Gasteiger partial charge < -0.3 is 24.4 Å². The van der Waals surface area contributed by atoms with Crippen molar-refractivity contribution >= 4 is 11.6 Å². The maximum absolute atomic E-state index is 5.40. The molecule has 1 aliphatic rings. The van der Waals surface area contributed by atoms with Crippen molar-refractivity contribution in [2.45, 2.75) is 13.5 Å². The van der Waals surface area contributed by atoms with Crippen LogP contribution in [0.5, 0.6) is 11.5 Å². The minimum atomic E-state index is 0.638. The molecule has 0 amide bonds. The molecule has 2 heterocycles. The van der Waals surface area contributed by atoms with Crippen LogP contribution >= 0.6 is 0 Å². The average Bonchev–Trinajstić information content (AvgIpc) is 2.66. The van der Waals surface area contributed by atoms with Gasteiger partial charge >= 0.3 is 0 Å². The number of hydrogen-bond acceptors (Lipinski definition) is 7. The third-order valence-corrected chi connectivity index (χ3v) is 4.08. The Bertz CT molecular complexity index is 717. The van der Waals surface area contributed by atoms with Gasteiger partial charge in [-0.1, -0.05) is 6.07 Å². The summed E-state index contributed by atoms with van der Waals surface area (Å²) in [6.45, 7) is 5.72. The number of nitrogens with zero attached hydrogens (tertiary/aromatic N) is 3. The van der Waals surface area contributed by atoms with Crippen molar-refractivity contribution in [1.29, 1.82) is 0 Å². The van der Waals surface area contributed by atoms with E-state index in [0.717, 1.165) is 60.8 Å². The van der Waals surface area contributed by atoms with E-state index in [2.05, 4.69) is 20.2 Å². The first-order valence-electron chi connectivity index (χ1n) is 8.33. The van der Waals surface area contributed by atoms with Gasteiger partial charge in [-0.15, -0.1) is 0 Å². The molecule has 1 saturated heterocycles. The van der Waals surface area contributed by atoms with E-state index < -0.39 is 0 Å². The number of hydrogen-bond donors (Lipinski definition) is 1. The van der Waals surface area contributed by atoms with Crippen LogP contribution in [0.1, 0.15) is 11.4 Å². The number of nitrogens with one attached hydrogen (secondary N) is 1. The molecule has 0 atom stereocenters.